The average molecular weight is 660 g/mol. The lowest BCUT2D eigenvalue weighted by Gasteiger charge is -2.41. The highest BCUT2D eigenvalue weighted by atomic mass is 16.6. The van der Waals surface area contributed by atoms with Gasteiger partial charge in [0.2, 0.25) is 11.5 Å². The monoisotopic (exact) mass is 659 g/mol. The summed E-state index contributed by atoms with van der Waals surface area (Å²) >= 11 is 0. The number of ether oxygens (including phenoxy) is 7. The Kier molecular flexibility index (Phi) is 14.6. The van der Waals surface area contributed by atoms with Crippen molar-refractivity contribution in [1.82, 2.24) is 15.1 Å². The SMILES string of the molecule is CCCCCCCCNC(=O)OCC1CN(C(=O)c2cc(OC)c(OC)c(OC)c2)CCN1C(=O)c1cc(OC)c(OC)c(OC)c1. The summed E-state index contributed by atoms with van der Waals surface area (Å²) in [5, 5.41) is 2.80. The van der Waals surface area contributed by atoms with Gasteiger partial charge in [0.15, 0.2) is 23.0 Å². The number of benzene rings is 2. The molecule has 0 aliphatic carbocycles. The lowest BCUT2D eigenvalue weighted by molar-refractivity contribution is 0.0228. The summed E-state index contributed by atoms with van der Waals surface area (Å²) in [6.45, 7) is 3.06. The summed E-state index contributed by atoms with van der Waals surface area (Å²) in [4.78, 5) is 43.6. The average Bonchev–Trinajstić information content (AvgIpc) is 3.11. The van der Waals surface area contributed by atoms with E-state index in [-0.39, 0.29) is 38.1 Å². The summed E-state index contributed by atoms with van der Waals surface area (Å²) in [5.41, 5.74) is 0.613. The van der Waals surface area contributed by atoms with Gasteiger partial charge in [-0.2, -0.15) is 0 Å². The van der Waals surface area contributed by atoms with Crippen LogP contribution < -0.4 is 33.7 Å². The van der Waals surface area contributed by atoms with Gasteiger partial charge in [-0.1, -0.05) is 39.0 Å². The van der Waals surface area contributed by atoms with Gasteiger partial charge < -0.3 is 48.3 Å². The lowest BCUT2D eigenvalue weighted by atomic mass is 10.1. The van der Waals surface area contributed by atoms with E-state index in [1.54, 1.807) is 34.1 Å². The first-order valence-electron chi connectivity index (χ1n) is 15.9. The maximum atomic E-state index is 14.0. The summed E-state index contributed by atoms with van der Waals surface area (Å²) < 4.78 is 38.2. The van der Waals surface area contributed by atoms with Crippen LogP contribution in [0.5, 0.6) is 34.5 Å². The van der Waals surface area contributed by atoms with Crippen molar-refractivity contribution >= 4 is 17.9 Å². The van der Waals surface area contributed by atoms with Crippen LogP contribution in [0.1, 0.15) is 66.2 Å². The minimum absolute atomic E-state index is 0.108. The maximum Gasteiger partial charge on any atom is 0.407 e. The maximum absolute atomic E-state index is 14.0. The van der Waals surface area contributed by atoms with Crippen LogP contribution in [0.4, 0.5) is 4.79 Å². The number of nitrogens with zero attached hydrogens (tertiary/aromatic N) is 2. The first kappa shape index (κ1) is 36.9. The van der Waals surface area contributed by atoms with E-state index in [4.69, 9.17) is 33.2 Å². The summed E-state index contributed by atoms with van der Waals surface area (Å²) in [7, 11) is 8.87. The second kappa shape index (κ2) is 18.6. The highest BCUT2D eigenvalue weighted by Gasteiger charge is 2.35. The molecule has 1 N–H and O–H groups in total. The topological polar surface area (TPSA) is 134 Å². The smallest absolute Gasteiger partial charge is 0.407 e. The largest absolute Gasteiger partial charge is 0.493 e. The number of carbonyl (C=O) groups is 3. The fourth-order valence-electron chi connectivity index (χ4n) is 5.53. The molecule has 1 unspecified atom stereocenters. The molecular weight excluding hydrogens is 610 g/mol. The second-order valence-corrected chi connectivity index (χ2v) is 11.0. The molecule has 1 atom stereocenters. The van der Waals surface area contributed by atoms with Gasteiger partial charge in [-0.15, -0.1) is 0 Å². The molecule has 0 bridgehead atoms. The van der Waals surface area contributed by atoms with E-state index in [0.717, 1.165) is 19.3 Å². The third kappa shape index (κ3) is 9.49. The van der Waals surface area contributed by atoms with Gasteiger partial charge in [0.1, 0.15) is 6.61 Å². The zero-order valence-electron chi connectivity index (χ0n) is 28.6. The number of piperazine rings is 1. The fraction of sp³-hybridized carbons (Fsp3) is 0.559. The molecule has 1 saturated heterocycles. The third-order valence-electron chi connectivity index (χ3n) is 8.06. The molecule has 3 rings (SSSR count). The van der Waals surface area contributed by atoms with Crippen molar-refractivity contribution in [3.8, 4) is 34.5 Å². The molecule has 3 amide bonds. The number of amides is 3. The van der Waals surface area contributed by atoms with Crippen molar-refractivity contribution in [1.29, 1.82) is 0 Å². The molecule has 0 radical (unpaired) electrons. The lowest BCUT2D eigenvalue weighted by Crippen LogP contribution is -2.58. The molecule has 13 nitrogen and oxygen atoms in total. The fourth-order valence-corrected chi connectivity index (χ4v) is 5.53. The van der Waals surface area contributed by atoms with Crippen LogP contribution >= 0.6 is 0 Å². The number of hydrogen-bond donors (Lipinski definition) is 1. The van der Waals surface area contributed by atoms with E-state index in [1.165, 1.54) is 61.9 Å². The van der Waals surface area contributed by atoms with Crippen molar-refractivity contribution in [3.05, 3.63) is 35.4 Å². The first-order chi connectivity index (χ1) is 22.8. The number of hydrogen-bond acceptors (Lipinski definition) is 10. The third-order valence-corrected chi connectivity index (χ3v) is 8.06. The molecule has 0 saturated carbocycles. The van der Waals surface area contributed by atoms with Gasteiger partial charge in [0, 0.05) is 37.3 Å². The molecule has 260 valence electrons. The van der Waals surface area contributed by atoms with Crippen LogP contribution in [0.3, 0.4) is 0 Å². The van der Waals surface area contributed by atoms with Crippen molar-refractivity contribution in [2.45, 2.75) is 51.5 Å². The summed E-state index contributed by atoms with van der Waals surface area (Å²) in [6, 6.07) is 5.65. The molecule has 1 aliphatic rings. The van der Waals surface area contributed by atoms with Crippen LogP contribution in [0.25, 0.3) is 0 Å². The van der Waals surface area contributed by atoms with Crippen LogP contribution in [0.2, 0.25) is 0 Å². The second-order valence-electron chi connectivity index (χ2n) is 11.0. The molecule has 2 aromatic carbocycles. The van der Waals surface area contributed by atoms with Gasteiger partial charge in [-0.25, -0.2) is 4.79 Å². The number of nitrogens with one attached hydrogen (secondary N) is 1. The standard InChI is InChI=1S/C34H49N3O10/c1-8-9-10-11-12-13-14-35-34(40)47-22-25-21-36(32(38)23-17-26(41-2)30(45-6)27(18-23)42-3)15-16-37(25)33(39)24-19-28(43-4)31(46-7)29(20-24)44-5/h17-20,25H,8-16,21-22H2,1-7H3,(H,35,40). The Morgan fingerprint density at radius 1 is 0.681 bits per heavy atom. The predicted octanol–water partition coefficient (Wildman–Crippen LogP) is 4.79. The molecule has 1 heterocycles. The van der Waals surface area contributed by atoms with Gasteiger partial charge in [-0.3, -0.25) is 9.59 Å². The molecule has 13 heteroatoms. The van der Waals surface area contributed by atoms with Crippen LogP contribution in [0, 0.1) is 0 Å². The van der Waals surface area contributed by atoms with Gasteiger partial charge in [0.05, 0.1) is 48.7 Å². The Labute approximate surface area is 277 Å². The van der Waals surface area contributed by atoms with E-state index < -0.39 is 12.1 Å². The zero-order valence-corrected chi connectivity index (χ0v) is 28.6. The summed E-state index contributed by atoms with van der Waals surface area (Å²) in [5.74, 6) is 1.41. The number of carbonyl (C=O) groups excluding carboxylic acids is 3. The minimum Gasteiger partial charge on any atom is -0.493 e. The first-order valence-corrected chi connectivity index (χ1v) is 15.9. The van der Waals surface area contributed by atoms with E-state index in [0.29, 0.717) is 52.2 Å². The number of rotatable bonds is 17. The van der Waals surface area contributed by atoms with Crippen molar-refractivity contribution in [2.75, 3.05) is 75.4 Å². The van der Waals surface area contributed by atoms with Crippen LogP contribution in [0.15, 0.2) is 24.3 Å². The molecule has 0 spiro atoms. The zero-order chi connectivity index (χ0) is 34.3. The predicted molar refractivity (Wildman–Crippen MR) is 176 cm³/mol. The highest BCUT2D eigenvalue weighted by Crippen LogP contribution is 2.40. The Bertz CT molecular complexity index is 1300. The van der Waals surface area contributed by atoms with Crippen LogP contribution in [-0.4, -0.2) is 109 Å². The Morgan fingerprint density at radius 2 is 1.17 bits per heavy atom. The van der Waals surface area contributed by atoms with Gasteiger partial charge >= 0.3 is 6.09 Å². The van der Waals surface area contributed by atoms with E-state index in [1.807, 2.05) is 0 Å². The summed E-state index contributed by atoms with van der Waals surface area (Å²) in [6.07, 6.45) is 6.00. The molecule has 1 fully saturated rings. The molecular formula is C34H49N3O10. The van der Waals surface area contributed by atoms with Crippen LogP contribution in [-0.2, 0) is 4.74 Å². The Hall–Kier alpha value is -4.55. The number of alkyl carbamates (subject to hydrolysis) is 1. The van der Waals surface area contributed by atoms with E-state index in [2.05, 4.69) is 12.2 Å². The van der Waals surface area contributed by atoms with Gasteiger partial charge in [0.25, 0.3) is 11.8 Å². The highest BCUT2D eigenvalue weighted by molar-refractivity contribution is 5.97. The molecule has 47 heavy (non-hydrogen) atoms. The van der Waals surface area contributed by atoms with E-state index >= 15 is 0 Å². The number of methoxy groups -OCH3 is 6. The van der Waals surface area contributed by atoms with Crippen molar-refractivity contribution in [3.63, 3.8) is 0 Å². The Morgan fingerprint density at radius 3 is 1.66 bits per heavy atom. The molecule has 1 aliphatic heterocycles. The normalized spacial score (nSPS) is 14.2. The van der Waals surface area contributed by atoms with Crippen molar-refractivity contribution < 1.29 is 47.5 Å². The minimum atomic E-state index is -0.652. The van der Waals surface area contributed by atoms with Gasteiger partial charge in [-0.05, 0) is 30.7 Å². The number of unbranched alkanes of at least 4 members (excludes halogenated alkanes) is 5. The van der Waals surface area contributed by atoms with E-state index in [9.17, 15) is 14.4 Å². The Balaban J connectivity index is 1.82. The molecule has 2 aromatic rings. The van der Waals surface area contributed by atoms with Crippen molar-refractivity contribution in [2.24, 2.45) is 0 Å². The molecule has 0 aromatic heterocycles. The quantitative estimate of drug-likeness (QED) is 0.236.